The quantitative estimate of drug-likeness (QED) is 0.858. The van der Waals surface area contributed by atoms with Crippen LogP contribution >= 0.6 is 0 Å². The highest BCUT2D eigenvalue weighted by Crippen LogP contribution is 2.20. The van der Waals surface area contributed by atoms with Crippen molar-refractivity contribution in [3.63, 3.8) is 0 Å². The van der Waals surface area contributed by atoms with Gasteiger partial charge in [-0.1, -0.05) is 30.3 Å². The van der Waals surface area contributed by atoms with Crippen LogP contribution in [0.5, 0.6) is 0 Å². The van der Waals surface area contributed by atoms with Gasteiger partial charge in [0.05, 0.1) is 6.04 Å². The summed E-state index contributed by atoms with van der Waals surface area (Å²) in [7, 11) is 1.90. The Bertz CT molecular complexity index is 548. The van der Waals surface area contributed by atoms with E-state index in [1.807, 2.05) is 48.1 Å². The van der Waals surface area contributed by atoms with Crippen molar-refractivity contribution in [3.8, 4) is 0 Å². The van der Waals surface area contributed by atoms with Crippen LogP contribution in [0.4, 0.5) is 0 Å². The zero-order valence-electron chi connectivity index (χ0n) is 11.1. The summed E-state index contributed by atoms with van der Waals surface area (Å²) < 4.78 is 1.89. The molecule has 1 aromatic carbocycles. The molecule has 0 saturated carbocycles. The molecule has 2 aromatic rings. The van der Waals surface area contributed by atoms with Gasteiger partial charge in [-0.15, -0.1) is 0 Å². The molecule has 5 heteroatoms. The first-order chi connectivity index (χ1) is 9.09. The number of carbonyl (C=O) groups is 1. The van der Waals surface area contributed by atoms with Gasteiger partial charge in [0, 0.05) is 19.4 Å². The minimum Gasteiger partial charge on any atom is -0.341 e. The van der Waals surface area contributed by atoms with Gasteiger partial charge in [-0.05, 0) is 12.5 Å². The third-order valence-electron chi connectivity index (χ3n) is 2.95. The lowest BCUT2D eigenvalue weighted by Crippen LogP contribution is -2.41. The summed E-state index contributed by atoms with van der Waals surface area (Å²) in [6, 6.07) is 8.88. The predicted molar refractivity (Wildman–Crippen MR) is 73.3 cm³/mol. The fourth-order valence-corrected chi connectivity index (χ4v) is 1.87. The van der Waals surface area contributed by atoms with Crippen LogP contribution in [0.15, 0.2) is 42.7 Å². The van der Waals surface area contributed by atoms with E-state index in [2.05, 4.69) is 10.3 Å². The molecule has 3 N–H and O–H groups in total. The van der Waals surface area contributed by atoms with Crippen LogP contribution in [0.1, 0.15) is 24.4 Å². The van der Waals surface area contributed by atoms with Gasteiger partial charge in [-0.25, -0.2) is 4.98 Å². The molecule has 0 aliphatic rings. The number of nitrogens with zero attached hydrogens (tertiary/aromatic N) is 2. The fourth-order valence-electron chi connectivity index (χ4n) is 1.87. The van der Waals surface area contributed by atoms with E-state index in [0.717, 1.165) is 11.4 Å². The molecular formula is C14H18N4O. The molecule has 100 valence electrons. The zero-order chi connectivity index (χ0) is 13.8. The molecule has 0 bridgehead atoms. The largest absolute Gasteiger partial charge is 0.341 e. The Morgan fingerprint density at radius 3 is 2.58 bits per heavy atom. The lowest BCUT2D eigenvalue weighted by molar-refractivity contribution is -0.122. The number of hydrogen-bond acceptors (Lipinski definition) is 3. The highest BCUT2D eigenvalue weighted by Gasteiger charge is 2.21. The van der Waals surface area contributed by atoms with Gasteiger partial charge in [-0.2, -0.15) is 0 Å². The van der Waals surface area contributed by atoms with Crippen LogP contribution < -0.4 is 11.1 Å². The molecule has 0 saturated heterocycles. The highest BCUT2D eigenvalue weighted by atomic mass is 16.2. The Morgan fingerprint density at radius 1 is 1.37 bits per heavy atom. The van der Waals surface area contributed by atoms with Crippen LogP contribution in [0, 0.1) is 0 Å². The number of carbonyl (C=O) groups excluding carboxylic acids is 1. The van der Waals surface area contributed by atoms with Gasteiger partial charge >= 0.3 is 0 Å². The lowest BCUT2D eigenvalue weighted by atomic mass is 10.1. The van der Waals surface area contributed by atoms with E-state index >= 15 is 0 Å². The maximum absolute atomic E-state index is 11.9. The van der Waals surface area contributed by atoms with E-state index in [1.165, 1.54) is 0 Å². The SMILES string of the molecule is CC(N)C(=O)NC(c1ccccc1)c1nccn1C. The molecule has 2 atom stereocenters. The summed E-state index contributed by atoms with van der Waals surface area (Å²) in [6.07, 6.45) is 3.56. The van der Waals surface area contributed by atoms with Gasteiger partial charge < -0.3 is 15.6 Å². The standard InChI is InChI=1S/C14H18N4O/c1-10(15)14(19)17-12(11-6-4-3-5-7-11)13-16-8-9-18(13)2/h3-10,12H,15H2,1-2H3,(H,17,19). The summed E-state index contributed by atoms with van der Waals surface area (Å²) >= 11 is 0. The molecule has 0 spiro atoms. The molecule has 19 heavy (non-hydrogen) atoms. The number of benzene rings is 1. The molecule has 0 aliphatic heterocycles. The van der Waals surface area contributed by atoms with Crippen molar-refractivity contribution in [2.75, 3.05) is 0 Å². The number of imidazole rings is 1. The Balaban J connectivity index is 2.35. The molecule has 0 fully saturated rings. The van der Waals surface area contributed by atoms with Crippen molar-refractivity contribution in [3.05, 3.63) is 54.1 Å². The molecule has 1 aromatic heterocycles. The number of rotatable bonds is 4. The zero-order valence-corrected chi connectivity index (χ0v) is 11.1. The number of hydrogen-bond donors (Lipinski definition) is 2. The Labute approximate surface area is 112 Å². The third kappa shape index (κ3) is 3.00. The number of aryl methyl sites for hydroxylation is 1. The molecule has 1 amide bonds. The second-order valence-electron chi connectivity index (χ2n) is 4.54. The monoisotopic (exact) mass is 258 g/mol. The minimum absolute atomic E-state index is 0.197. The van der Waals surface area contributed by atoms with Crippen molar-refractivity contribution in [2.24, 2.45) is 12.8 Å². The average molecular weight is 258 g/mol. The van der Waals surface area contributed by atoms with Crippen molar-refractivity contribution in [1.82, 2.24) is 14.9 Å². The smallest absolute Gasteiger partial charge is 0.237 e. The van der Waals surface area contributed by atoms with E-state index in [-0.39, 0.29) is 11.9 Å². The molecule has 1 heterocycles. The Morgan fingerprint density at radius 2 is 2.05 bits per heavy atom. The first-order valence-electron chi connectivity index (χ1n) is 6.17. The summed E-state index contributed by atoms with van der Waals surface area (Å²) in [6.45, 7) is 1.66. The average Bonchev–Trinajstić information content (AvgIpc) is 2.82. The molecule has 5 nitrogen and oxygen atoms in total. The van der Waals surface area contributed by atoms with Gasteiger partial charge in [0.15, 0.2) is 0 Å². The van der Waals surface area contributed by atoms with Crippen molar-refractivity contribution in [1.29, 1.82) is 0 Å². The minimum atomic E-state index is -0.550. The van der Waals surface area contributed by atoms with E-state index in [0.29, 0.717) is 0 Å². The molecule has 2 unspecified atom stereocenters. The van der Waals surface area contributed by atoms with E-state index in [4.69, 9.17) is 5.73 Å². The van der Waals surface area contributed by atoms with Gasteiger partial charge in [-0.3, -0.25) is 4.79 Å². The maximum Gasteiger partial charge on any atom is 0.237 e. The summed E-state index contributed by atoms with van der Waals surface area (Å²) in [5.74, 6) is 0.581. The summed E-state index contributed by atoms with van der Waals surface area (Å²) in [5.41, 5.74) is 6.59. The lowest BCUT2D eigenvalue weighted by Gasteiger charge is -2.20. The molecule has 2 rings (SSSR count). The van der Waals surface area contributed by atoms with Crippen molar-refractivity contribution < 1.29 is 4.79 Å². The van der Waals surface area contributed by atoms with E-state index in [1.54, 1.807) is 13.1 Å². The van der Waals surface area contributed by atoms with Gasteiger partial charge in [0.2, 0.25) is 5.91 Å². The van der Waals surface area contributed by atoms with E-state index in [9.17, 15) is 4.79 Å². The summed E-state index contributed by atoms with van der Waals surface area (Å²) in [4.78, 5) is 16.2. The molecular weight excluding hydrogens is 240 g/mol. The second-order valence-corrected chi connectivity index (χ2v) is 4.54. The third-order valence-corrected chi connectivity index (χ3v) is 2.95. The molecule has 0 aliphatic carbocycles. The predicted octanol–water partition coefficient (Wildman–Crippen LogP) is 0.973. The second kappa shape index (κ2) is 5.67. The normalized spacial score (nSPS) is 13.8. The topological polar surface area (TPSA) is 72.9 Å². The van der Waals surface area contributed by atoms with Crippen LogP contribution in [0.3, 0.4) is 0 Å². The van der Waals surface area contributed by atoms with Crippen LogP contribution in [0.2, 0.25) is 0 Å². The van der Waals surface area contributed by atoms with Gasteiger partial charge in [0.25, 0.3) is 0 Å². The van der Waals surface area contributed by atoms with Gasteiger partial charge in [0.1, 0.15) is 11.9 Å². The number of amides is 1. The Kier molecular flexibility index (Phi) is 3.97. The van der Waals surface area contributed by atoms with Crippen LogP contribution in [-0.2, 0) is 11.8 Å². The fraction of sp³-hybridized carbons (Fsp3) is 0.286. The highest BCUT2D eigenvalue weighted by molar-refractivity contribution is 5.81. The number of aromatic nitrogens is 2. The number of nitrogens with two attached hydrogens (primary N) is 1. The summed E-state index contributed by atoms with van der Waals surface area (Å²) in [5, 5.41) is 2.93. The number of nitrogens with one attached hydrogen (secondary N) is 1. The van der Waals surface area contributed by atoms with Crippen molar-refractivity contribution in [2.45, 2.75) is 19.0 Å². The first kappa shape index (κ1) is 13.3. The molecule has 0 radical (unpaired) electrons. The van der Waals surface area contributed by atoms with Crippen molar-refractivity contribution >= 4 is 5.91 Å². The Hall–Kier alpha value is -2.14. The maximum atomic E-state index is 11.9. The van der Waals surface area contributed by atoms with Crippen LogP contribution in [0.25, 0.3) is 0 Å². The van der Waals surface area contributed by atoms with E-state index < -0.39 is 6.04 Å². The first-order valence-corrected chi connectivity index (χ1v) is 6.17. The van der Waals surface area contributed by atoms with Crippen LogP contribution in [-0.4, -0.2) is 21.5 Å².